The van der Waals surface area contributed by atoms with E-state index in [2.05, 4.69) is 10.3 Å². The second kappa shape index (κ2) is 12.0. The first-order valence-electron chi connectivity index (χ1n) is 11.8. The van der Waals surface area contributed by atoms with Gasteiger partial charge in [-0.15, -0.1) is 5.10 Å². The number of nitrogens with zero attached hydrogens (tertiary/aromatic N) is 5. The van der Waals surface area contributed by atoms with Crippen molar-refractivity contribution in [2.24, 2.45) is 5.92 Å². The number of hydrogen-bond donors (Lipinski definition) is 1. The first-order valence-corrected chi connectivity index (χ1v) is 11.8. The zero-order valence-electron chi connectivity index (χ0n) is 20.4. The Morgan fingerprint density at radius 3 is 2.83 bits per heavy atom. The van der Waals surface area contributed by atoms with Gasteiger partial charge in [0.15, 0.2) is 0 Å². The van der Waals surface area contributed by atoms with E-state index in [0.29, 0.717) is 44.6 Å². The number of rotatable bonds is 6. The number of fused-ring (bicyclic) bond motifs is 1. The molecule has 2 heterocycles. The SMILES string of the molecule is C[C@@H]1CN([C@@H](C)CO)C(=O)CCCn2nncc2CO[C@@H]1CN(C)Cc1cccc(C(F)(F)F)c1. The molecule has 0 bridgehead atoms. The second-order valence-corrected chi connectivity index (χ2v) is 9.35. The number of aliphatic hydroxyl groups is 1. The van der Waals surface area contributed by atoms with Crippen molar-refractivity contribution in [3.63, 3.8) is 0 Å². The molecule has 0 saturated heterocycles. The third kappa shape index (κ3) is 7.49. The van der Waals surface area contributed by atoms with Gasteiger partial charge in [0, 0.05) is 38.5 Å². The minimum atomic E-state index is -4.39. The van der Waals surface area contributed by atoms with E-state index in [9.17, 15) is 23.1 Å². The average Bonchev–Trinajstić information content (AvgIpc) is 3.25. The third-order valence-electron chi connectivity index (χ3n) is 6.34. The van der Waals surface area contributed by atoms with Gasteiger partial charge in [0.1, 0.15) is 0 Å². The molecule has 1 aliphatic heterocycles. The summed E-state index contributed by atoms with van der Waals surface area (Å²) >= 11 is 0. The van der Waals surface area contributed by atoms with Crippen LogP contribution in [0.5, 0.6) is 0 Å². The van der Waals surface area contributed by atoms with Gasteiger partial charge in [-0.05, 0) is 32.0 Å². The van der Waals surface area contributed by atoms with Gasteiger partial charge < -0.3 is 14.7 Å². The molecule has 8 nitrogen and oxygen atoms in total. The summed E-state index contributed by atoms with van der Waals surface area (Å²) < 4.78 is 47.3. The topological polar surface area (TPSA) is 83.7 Å². The summed E-state index contributed by atoms with van der Waals surface area (Å²) in [4.78, 5) is 16.5. The van der Waals surface area contributed by atoms with E-state index in [0.717, 1.165) is 17.8 Å². The van der Waals surface area contributed by atoms with Gasteiger partial charge in [0.25, 0.3) is 0 Å². The summed E-state index contributed by atoms with van der Waals surface area (Å²) in [5, 5.41) is 17.8. The van der Waals surface area contributed by atoms with Crippen LogP contribution >= 0.6 is 0 Å². The fourth-order valence-electron chi connectivity index (χ4n) is 4.28. The summed E-state index contributed by atoms with van der Waals surface area (Å²) in [7, 11) is 1.83. The van der Waals surface area contributed by atoms with Gasteiger partial charge in [0.2, 0.25) is 5.91 Å². The molecule has 3 rings (SSSR count). The summed E-state index contributed by atoms with van der Waals surface area (Å²) in [5.41, 5.74) is 0.680. The Labute approximate surface area is 203 Å². The monoisotopic (exact) mass is 497 g/mol. The van der Waals surface area contributed by atoms with Crippen molar-refractivity contribution in [3.05, 3.63) is 47.3 Å². The van der Waals surface area contributed by atoms with Gasteiger partial charge in [-0.3, -0.25) is 9.69 Å². The van der Waals surface area contributed by atoms with E-state index in [4.69, 9.17) is 4.74 Å². The van der Waals surface area contributed by atoms with Gasteiger partial charge in [-0.25, -0.2) is 4.68 Å². The van der Waals surface area contributed by atoms with E-state index in [-0.39, 0.29) is 37.2 Å². The molecule has 1 aliphatic rings. The smallest absolute Gasteiger partial charge is 0.394 e. The van der Waals surface area contributed by atoms with Crippen LogP contribution in [0.15, 0.2) is 30.5 Å². The van der Waals surface area contributed by atoms with Crippen molar-refractivity contribution >= 4 is 5.91 Å². The Balaban J connectivity index is 1.78. The molecule has 1 amide bonds. The second-order valence-electron chi connectivity index (χ2n) is 9.35. The highest BCUT2D eigenvalue weighted by Gasteiger charge is 2.31. The lowest BCUT2D eigenvalue weighted by atomic mass is 10.0. The number of aryl methyl sites for hydroxylation is 1. The molecular weight excluding hydrogens is 463 g/mol. The Hall–Kier alpha value is -2.50. The van der Waals surface area contributed by atoms with Crippen LogP contribution in [0.4, 0.5) is 13.2 Å². The lowest BCUT2D eigenvalue weighted by molar-refractivity contribution is -0.138. The zero-order chi connectivity index (χ0) is 25.6. The summed E-state index contributed by atoms with van der Waals surface area (Å²) in [6.07, 6.45) is -2.15. The molecule has 0 saturated carbocycles. The van der Waals surface area contributed by atoms with Crippen molar-refractivity contribution in [2.45, 2.75) is 64.7 Å². The van der Waals surface area contributed by atoms with E-state index < -0.39 is 11.7 Å². The van der Waals surface area contributed by atoms with Crippen molar-refractivity contribution in [3.8, 4) is 0 Å². The van der Waals surface area contributed by atoms with Gasteiger partial charge in [0.05, 0.1) is 42.8 Å². The van der Waals surface area contributed by atoms with Crippen LogP contribution in [0.3, 0.4) is 0 Å². The Bertz CT molecular complexity index is 968. The van der Waals surface area contributed by atoms with Crippen LogP contribution in [0.1, 0.15) is 43.5 Å². The Morgan fingerprint density at radius 2 is 2.11 bits per heavy atom. The number of aromatic nitrogens is 3. The summed E-state index contributed by atoms with van der Waals surface area (Å²) in [6, 6.07) is 4.97. The molecule has 2 aromatic rings. The largest absolute Gasteiger partial charge is 0.416 e. The van der Waals surface area contributed by atoms with E-state index >= 15 is 0 Å². The summed E-state index contributed by atoms with van der Waals surface area (Å²) in [5.74, 6) is -0.141. The minimum Gasteiger partial charge on any atom is -0.394 e. The molecule has 0 spiro atoms. The maximum Gasteiger partial charge on any atom is 0.416 e. The van der Waals surface area contributed by atoms with Gasteiger partial charge in [-0.1, -0.05) is 30.3 Å². The number of likely N-dealkylation sites (N-methyl/N-ethyl adjacent to an activating group) is 1. The van der Waals surface area contributed by atoms with Crippen LogP contribution in [0.25, 0.3) is 0 Å². The van der Waals surface area contributed by atoms with Crippen molar-refractivity contribution in [1.29, 1.82) is 0 Å². The maximum atomic E-state index is 13.1. The zero-order valence-corrected chi connectivity index (χ0v) is 20.4. The number of alkyl halides is 3. The lowest BCUT2D eigenvalue weighted by Crippen LogP contribution is -2.47. The number of halogens is 3. The molecule has 0 unspecified atom stereocenters. The highest BCUT2D eigenvalue weighted by Crippen LogP contribution is 2.30. The van der Waals surface area contributed by atoms with Crippen LogP contribution in [-0.2, 0) is 35.4 Å². The third-order valence-corrected chi connectivity index (χ3v) is 6.34. The quantitative estimate of drug-likeness (QED) is 0.661. The lowest BCUT2D eigenvalue weighted by Gasteiger charge is -2.35. The molecule has 0 radical (unpaired) electrons. The highest BCUT2D eigenvalue weighted by molar-refractivity contribution is 5.76. The first kappa shape index (κ1) is 27.1. The predicted octanol–water partition coefficient (Wildman–Crippen LogP) is 2.95. The minimum absolute atomic E-state index is 0.0447. The molecule has 194 valence electrons. The molecule has 3 atom stereocenters. The van der Waals surface area contributed by atoms with E-state index in [1.807, 2.05) is 25.8 Å². The fraction of sp³-hybridized carbons (Fsp3) is 0.625. The molecular formula is C24H34F3N5O3. The first-order chi connectivity index (χ1) is 16.6. The molecule has 1 N–H and O–H groups in total. The molecule has 0 fully saturated rings. The standard InChI is InChI=1S/C24H34F3N5O3/c1-17-12-31(18(2)15-33)23(34)8-5-9-32-21(11-28-29-32)16-35-22(17)14-30(3)13-19-6-4-7-20(10-19)24(25,26)27/h4,6-7,10-11,17-18,22,33H,5,8-9,12-16H2,1-3H3/t17-,18+,22-/m1/s1. The maximum absolute atomic E-state index is 13.1. The van der Waals surface area contributed by atoms with E-state index in [1.165, 1.54) is 6.07 Å². The van der Waals surface area contributed by atoms with Gasteiger partial charge >= 0.3 is 6.18 Å². The average molecular weight is 498 g/mol. The summed E-state index contributed by atoms with van der Waals surface area (Å²) in [6.45, 7) is 5.60. The number of hydrogen-bond acceptors (Lipinski definition) is 6. The fourth-order valence-corrected chi connectivity index (χ4v) is 4.28. The molecule has 1 aromatic carbocycles. The number of ether oxygens (including phenoxy) is 1. The number of benzene rings is 1. The molecule has 35 heavy (non-hydrogen) atoms. The van der Waals surface area contributed by atoms with Crippen molar-refractivity contribution < 1.29 is 27.8 Å². The van der Waals surface area contributed by atoms with E-state index in [1.54, 1.807) is 21.8 Å². The van der Waals surface area contributed by atoms with Crippen LogP contribution in [0, 0.1) is 5.92 Å². The van der Waals surface area contributed by atoms with Crippen LogP contribution in [0.2, 0.25) is 0 Å². The normalized spacial score (nSPS) is 21.4. The van der Waals surface area contributed by atoms with Crippen LogP contribution < -0.4 is 0 Å². The van der Waals surface area contributed by atoms with Crippen molar-refractivity contribution in [1.82, 2.24) is 24.8 Å². The Kier molecular flexibility index (Phi) is 9.26. The van der Waals surface area contributed by atoms with Crippen LogP contribution in [-0.4, -0.2) is 74.7 Å². The number of aliphatic hydroxyl groups excluding tert-OH is 1. The number of carbonyl (C=O) groups excluding carboxylic acids is 1. The Morgan fingerprint density at radius 1 is 1.34 bits per heavy atom. The van der Waals surface area contributed by atoms with Crippen molar-refractivity contribution in [2.75, 3.05) is 26.7 Å². The molecule has 0 aliphatic carbocycles. The molecule has 11 heteroatoms. The predicted molar refractivity (Wildman–Crippen MR) is 123 cm³/mol. The number of carbonyl (C=O) groups is 1. The van der Waals surface area contributed by atoms with Gasteiger partial charge in [-0.2, -0.15) is 13.2 Å². The molecule has 1 aromatic heterocycles. The number of amides is 1. The highest BCUT2D eigenvalue weighted by atomic mass is 19.4.